The van der Waals surface area contributed by atoms with E-state index in [0.717, 1.165) is 31.4 Å². The molecule has 2 heterocycles. The van der Waals surface area contributed by atoms with Crippen LogP contribution in [-0.2, 0) is 5.92 Å². The normalized spacial score (nSPS) is 21.8. The number of aromatic nitrogens is 1. The van der Waals surface area contributed by atoms with Gasteiger partial charge in [-0.2, -0.15) is 0 Å². The molecule has 2 fully saturated rings. The minimum Gasteiger partial charge on any atom is -0.388 e. The van der Waals surface area contributed by atoms with Gasteiger partial charge in [-0.3, -0.25) is 0 Å². The molecule has 1 spiro atoms. The minimum absolute atomic E-state index is 0.000855. The molecule has 2 aliphatic rings. The third-order valence-electron chi connectivity index (χ3n) is 4.21. The summed E-state index contributed by atoms with van der Waals surface area (Å²) < 4.78 is 68.0. The van der Waals surface area contributed by atoms with Crippen molar-refractivity contribution in [1.82, 2.24) is 10.3 Å². The molecule has 0 radical (unpaired) electrons. The van der Waals surface area contributed by atoms with Crippen molar-refractivity contribution in [3.63, 3.8) is 0 Å². The Labute approximate surface area is 117 Å². The Bertz CT molecular complexity index is 516. The Morgan fingerprint density at radius 1 is 1.14 bits per heavy atom. The monoisotopic (exact) mass is 308 g/mol. The van der Waals surface area contributed by atoms with Crippen molar-refractivity contribution in [2.24, 2.45) is 11.3 Å². The fourth-order valence-electron chi connectivity index (χ4n) is 3.00. The number of nitrogens with one attached hydrogen (secondary N) is 1. The first-order valence-corrected chi connectivity index (χ1v) is 6.51. The Hall–Kier alpha value is -1.44. The quantitative estimate of drug-likeness (QED) is 0.872. The summed E-state index contributed by atoms with van der Waals surface area (Å²) in [6, 6.07) is 1.76. The van der Waals surface area contributed by atoms with Crippen LogP contribution < -0.4 is 10.1 Å². The van der Waals surface area contributed by atoms with Gasteiger partial charge in [-0.15, -0.1) is 13.2 Å². The fraction of sp³-hybridized carbons (Fsp3) is 0.615. The largest absolute Gasteiger partial charge is 0.574 e. The zero-order valence-corrected chi connectivity index (χ0v) is 10.9. The molecule has 1 aliphatic heterocycles. The number of hydrogen-bond donors (Lipinski definition) is 1. The van der Waals surface area contributed by atoms with Gasteiger partial charge in [0, 0.05) is 36.8 Å². The number of rotatable bonds is 3. The lowest BCUT2D eigenvalue weighted by Gasteiger charge is -2.56. The predicted octanol–water partition coefficient (Wildman–Crippen LogP) is 3.07. The predicted molar refractivity (Wildman–Crippen MR) is 62.8 cm³/mol. The molecule has 1 saturated heterocycles. The van der Waals surface area contributed by atoms with Crippen molar-refractivity contribution in [3.8, 4) is 5.88 Å². The first kappa shape index (κ1) is 14.5. The fourth-order valence-corrected chi connectivity index (χ4v) is 3.00. The van der Waals surface area contributed by atoms with Crippen molar-refractivity contribution >= 4 is 0 Å². The summed E-state index contributed by atoms with van der Waals surface area (Å²) in [6.45, 7) is 1.52. The summed E-state index contributed by atoms with van der Waals surface area (Å²) >= 11 is 0. The van der Waals surface area contributed by atoms with E-state index in [1.807, 2.05) is 0 Å². The summed E-state index contributed by atoms with van der Waals surface area (Å²) in [5.74, 6) is -4.60. The van der Waals surface area contributed by atoms with Gasteiger partial charge in [-0.25, -0.2) is 13.8 Å². The molecule has 1 N–H and O–H groups in total. The highest BCUT2D eigenvalue weighted by Gasteiger charge is 2.57. The van der Waals surface area contributed by atoms with Gasteiger partial charge in [-0.05, 0) is 24.3 Å². The van der Waals surface area contributed by atoms with Crippen molar-refractivity contribution in [2.45, 2.75) is 25.1 Å². The van der Waals surface area contributed by atoms with Gasteiger partial charge in [0.2, 0.25) is 5.88 Å². The van der Waals surface area contributed by atoms with Crippen LogP contribution in [0.1, 0.15) is 18.4 Å². The lowest BCUT2D eigenvalue weighted by atomic mass is 9.56. The third-order valence-corrected chi connectivity index (χ3v) is 4.21. The molecule has 1 aromatic rings. The molecule has 0 aromatic carbocycles. The molecule has 1 aromatic heterocycles. The Morgan fingerprint density at radius 3 is 2.24 bits per heavy atom. The summed E-state index contributed by atoms with van der Waals surface area (Å²) in [5.41, 5.74) is -0.370. The van der Waals surface area contributed by atoms with E-state index < -0.39 is 24.1 Å². The highest BCUT2D eigenvalue weighted by Crippen LogP contribution is 2.57. The van der Waals surface area contributed by atoms with Crippen LogP contribution in [-0.4, -0.2) is 24.4 Å². The Kier molecular flexibility index (Phi) is 3.12. The number of alkyl halides is 5. The van der Waals surface area contributed by atoms with Crippen molar-refractivity contribution in [1.29, 1.82) is 0 Å². The van der Waals surface area contributed by atoms with Crippen molar-refractivity contribution < 1.29 is 26.7 Å². The highest BCUT2D eigenvalue weighted by atomic mass is 19.4. The zero-order chi connectivity index (χ0) is 15.3. The van der Waals surface area contributed by atoms with Crippen LogP contribution >= 0.6 is 0 Å². The van der Waals surface area contributed by atoms with Crippen LogP contribution in [0, 0.1) is 11.3 Å². The second-order valence-electron chi connectivity index (χ2n) is 5.76. The van der Waals surface area contributed by atoms with Crippen LogP contribution in [0.4, 0.5) is 22.0 Å². The minimum atomic E-state index is -4.88. The summed E-state index contributed by atoms with van der Waals surface area (Å²) in [7, 11) is 0. The maximum Gasteiger partial charge on any atom is 0.574 e. The van der Waals surface area contributed by atoms with E-state index in [4.69, 9.17) is 0 Å². The van der Waals surface area contributed by atoms with E-state index >= 15 is 0 Å². The molecule has 0 atom stereocenters. The zero-order valence-electron chi connectivity index (χ0n) is 10.9. The van der Waals surface area contributed by atoms with Gasteiger partial charge < -0.3 is 10.1 Å². The van der Waals surface area contributed by atoms with E-state index in [1.54, 1.807) is 0 Å². The van der Waals surface area contributed by atoms with Gasteiger partial charge in [0.1, 0.15) is 0 Å². The smallest absolute Gasteiger partial charge is 0.388 e. The van der Waals surface area contributed by atoms with E-state index in [9.17, 15) is 22.0 Å². The molecule has 3 rings (SSSR count). The highest BCUT2D eigenvalue weighted by molar-refractivity contribution is 5.24. The molecule has 0 bridgehead atoms. The first-order valence-electron chi connectivity index (χ1n) is 6.51. The lowest BCUT2D eigenvalue weighted by Crippen LogP contribution is -2.62. The number of hydrogen-bond acceptors (Lipinski definition) is 3. The molecular formula is C13H13F5N2O. The van der Waals surface area contributed by atoms with E-state index in [-0.39, 0.29) is 11.0 Å². The second-order valence-corrected chi connectivity index (χ2v) is 5.76. The van der Waals surface area contributed by atoms with E-state index in [1.165, 1.54) is 0 Å². The Balaban J connectivity index is 1.68. The molecule has 8 heteroatoms. The molecular weight excluding hydrogens is 295 g/mol. The van der Waals surface area contributed by atoms with Crippen molar-refractivity contribution in [3.05, 3.63) is 23.9 Å². The lowest BCUT2D eigenvalue weighted by molar-refractivity contribution is -0.276. The molecule has 3 nitrogen and oxygen atoms in total. The molecule has 1 saturated carbocycles. The van der Waals surface area contributed by atoms with E-state index in [0.29, 0.717) is 12.8 Å². The van der Waals surface area contributed by atoms with Crippen LogP contribution in [0.2, 0.25) is 0 Å². The van der Waals surface area contributed by atoms with Gasteiger partial charge in [-0.1, -0.05) is 0 Å². The summed E-state index contributed by atoms with van der Waals surface area (Å²) in [4.78, 5) is 3.31. The van der Waals surface area contributed by atoms with Crippen LogP contribution in [0.5, 0.6) is 5.88 Å². The van der Waals surface area contributed by atoms with Gasteiger partial charge >= 0.3 is 6.36 Å². The van der Waals surface area contributed by atoms with E-state index in [2.05, 4.69) is 15.0 Å². The number of pyridine rings is 1. The van der Waals surface area contributed by atoms with Crippen LogP contribution in [0.3, 0.4) is 0 Å². The summed E-state index contributed by atoms with van der Waals surface area (Å²) in [6.07, 6.45) is -3.28. The first-order chi connectivity index (χ1) is 9.70. The molecule has 116 valence electrons. The number of nitrogens with zero attached hydrogens (tertiary/aromatic N) is 1. The Morgan fingerprint density at radius 2 is 1.81 bits per heavy atom. The number of ether oxygens (including phenoxy) is 1. The average Bonchev–Trinajstić information content (AvgIpc) is 2.23. The van der Waals surface area contributed by atoms with Crippen LogP contribution in [0.15, 0.2) is 18.3 Å². The molecule has 0 amide bonds. The SMILES string of the molecule is FC(F)(F)Oc1ccc(C(F)(F)C2CC3(CNC3)C2)cn1. The number of halogens is 5. The standard InChI is InChI=1S/C13H13F5N2O/c14-12(15,9-3-11(4-9)6-19-7-11)8-1-2-10(20-5-8)21-13(16,17)18/h1-2,5,9,19H,3-4,6-7H2. The molecule has 1 aliphatic carbocycles. The molecule has 0 unspecified atom stereocenters. The van der Waals surface area contributed by atoms with Gasteiger partial charge in [0.15, 0.2) is 0 Å². The van der Waals surface area contributed by atoms with Crippen molar-refractivity contribution in [2.75, 3.05) is 13.1 Å². The average molecular weight is 308 g/mol. The third kappa shape index (κ3) is 2.68. The molecule has 21 heavy (non-hydrogen) atoms. The van der Waals surface area contributed by atoms with Gasteiger partial charge in [0.25, 0.3) is 5.92 Å². The maximum atomic E-state index is 14.3. The second kappa shape index (κ2) is 4.53. The maximum absolute atomic E-state index is 14.3. The topological polar surface area (TPSA) is 34.1 Å². The van der Waals surface area contributed by atoms with Crippen LogP contribution in [0.25, 0.3) is 0 Å². The van der Waals surface area contributed by atoms with Gasteiger partial charge in [0.05, 0.1) is 0 Å². The summed E-state index contributed by atoms with van der Waals surface area (Å²) in [5, 5.41) is 3.06.